The molecule has 4 nitrogen and oxygen atoms in total. The lowest BCUT2D eigenvalue weighted by Crippen LogP contribution is -2.09. The number of aromatic nitrogens is 1. The number of methoxy groups -OCH3 is 1. The lowest BCUT2D eigenvalue weighted by Gasteiger charge is -2.22. The molecule has 0 amide bonds. The first-order chi connectivity index (χ1) is 12.8. The molecule has 26 heavy (non-hydrogen) atoms. The van der Waals surface area contributed by atoms with Gasteiger partial charge in [-0.25, -0.2) is 4.98 Å². The third-order valence-corrected chi connectivity index (χ3v) is 4.83. The van der Waals surface area contributed by atoms with Crippen LogP contribution in [0.1, 0.15) is 49.3 Å². The van der Waals surface area contributed by atoms with E-state index in [9.17, 15) is 5.26 Å². The zero-order valence-electron chi connectivity index (χ0n) is 15.0. The SMILES string of the molecule is C#CCOc1nc(C2CCCCC2)cc(-c2ccc(OC)cc2)c1C#N. The van der Waals surface area contributed by atoms with Crippen LogP contribution in [0.2, 0.25) is 0 Å². The number of hydrogen-bond donors (Lipinski definition) is 0. The highest BCUT2D eigenvalue weighted by Gasteiger charge is 2.22. The van der Waals surface area contributed by atoms with Crippen molar-refractivity contribution in [2.75, 3.05) is 13.7 Å². The summed E-state index contributed by atoms with van der Waals surface area (Å²) in [4.78, 5) is 4.66. The van der Waals surface area contributed by atoms with E-state index in [1.807, 2.05) is 30.3 Å². The average Bonchev–Trinajstić information content (AvgIpc) is 2.72. The molecule has 3 rings (SSSR count). The maximum atomic E-state index is 9.72. The van der Waals surface area contributed by atoms with Gasteiger partial charge in [0.2, 0.25) is 5.88 Å². The number of benzene rings is 1. The highest BCUT2D eigenvalue weighted by Crippen LogP contribution is 2.37. The summed E-state index contributed by atoms with van der Waals surface area (Å²) in [6.45, 7) is 0.0951. The van der Waals surface area contributed by atoms with Crippen LogP contribution in [0.25, 0.3) is 11.1 Å². The molecule has 0 N–H and O–H groups in total. The zero-order chi connectivity index (χ0) is 18.4. The minimum absolute atomic E-state index is 0.0951. The second-order valence-corrected chi connectivity index (χ2v) is 6.44. The van der Waals surface area contributed by atoms with Crippen LogP contribution in [0.3, 0.4) is 0 Å². The highest BCUT2D eigenvalue weighted by molar-refractivity contribution is 5.73. The molecule has 1 saturated carbocycles. The standard InChI is InChI=1S/C22H22N2O2/c1-3-13-26-22-20(15-23)19(16-9-11-18(25-2)12-10-16)14-21(24-22)17-7-5-4-6-8-17/h1,9-12,14,17H,4-8,13H2,2H3. The molecule has 1 fully saturated rings. The van der Waals surface area contributed by atoms with Gasteiger partial charge in [0.1, 0.15) is 17.4 Å². The second-order valence-electron chi connectivity index (χ2n) is 6.44. The monoisotopic (exact) mass is 346 g/mol. The molecule has 1 aromatic carbocycles. The van der Waals surface area contributed by atoms with Crippen molar-refractivity contribution in [2.24, 2.45) is 0 Å². The van der Waals surface area contributed by atoms with E-state index < -0.39 is 0 Å². The molecule has 1 aromatic heterocycles. The Bertz CT molecular complexity index is 838. The predicted molar refractivity (Wildman–Crippen MR) is 101 cm³/mol. The number of terminal acetylenes is 1. The van der Waals surface area contributed by atoms with E-state index in [0.29, 0.717) is 17.4 Å². The predicted octanol–water partition coefficient (Wildman–Crippen LogP) is 4.69. The first kappa shape index (κ1) is 17.8. The van der Waals surface area contributed by atoms with Gasteiger partial charge in [0.15, 0.2) is 6.61 Å². The highest BCUT2D eigenvalue weighted by atomic mass is 16.5. The van der Waals surface area contributed by atoms with Gasteiger partial charge in [-0.2, -0.15) is 5.26 Å². The third kappa shape index (κ3) is 3.81. The Hall–Kier alpha value is -2.98. The minimum atomic E-state index is 0.0951. The maximum Gasteiger partial charge on any atom is 0.233 e. The molecule has 1 heterocycles. The molecular formula is C22H22N2O2. The van der Waals surface area contributed by atoms with Crippen LogP contribution in [0.15, 0.2) is 30.3 Å². The quantitative estimate of drug-likeness (QED) is 0.737. The molecular weight excluding hydrogens is 324 g/mol. The molecule has 0 atom stereocenters. The van der Waals surface area contributed by atoms with Gasteiger partial charge in [-0.15, -0.1) is 6.42 Å². The first-order valence-electron chi connectivity index (χ1n) is 8.92. The maximum absolute atomic E-state index is 9.72. The fourth-order valence-corrected chi connectivity index (χ4v) is 3.47. The molecule has 0 aliphatic heterocycles. The fraction of sp³-hybridized carbons (Fsp3) is 0.364. The Morgan fingerprint density at radius 2 is 1.92 bits per heavy atom. The summed E-state index contributed by atoms with van der Waals surface area (Å²) in [6.07, 6.45) is 11.3. The van der Waals surface area contributed by atoms with Crippen molar-refractivity contribution in [3.8, 4) is 41.2 Å². The van der Waals surface area contributed by atoms with E-state index in [1.54, 1.807) is 7.11 Å². The van der Waals surface area contributed by atoms with E-state index >= 15 is 0 Å². The van der Waals surface area contributed by atoms with Crippen LogP contribution in [0, 0.1) is 23.7 Å². The van der Waals surface area contributed by atoms with Gasteiger partial charge in [0, 0.05) is 17.2 Å². The topological polar surface area (TPSA) is 55.1 Å². The van der Waals surface area contributed by atoms with E-state index in [2.05, 4.69) is 17.0 Å². The van der Waals surface area contributed by atoms with Crippen molar-refractivity contribution in [3.05, 3.63) is 41.6 Å². The van der Waals surface area contributed by atoms with Gasteiger partial charge < -0.3 is 9.47 Å². The summed E-state index contributed by atoms with van der Waals surface area (Å²) >= 11 is 0. The third-order valence-electron chi connectivity index (χ3n) is 4.83. The molecule has 1 aliphatic rings. The molecule has 0 radical (unpaired) electrons. The normalized spacial score (nSPS) is 14.3. The molecule has 0 unspecified atom stereocenters. The number of nitrogens with zero attached hydrogens (tertiary/aromatic N) is 2. The molecule has 0 saturated heterocycles. The Kier molecular flexibility index (Phi) is 5.77. The summed E-state index contributed by atoms with van der Waals surface area (Å²) in [6, 6.07) is 12.0. The minimum Gasteiger partial charge on any atom is -0.497 e. The molecule has 2 aromatic rings. The molecule has 4 heteroatoms. The van der Waals surface area contributed by atoms with Gasteiger partial charge in [0.25, 0.3) is 0 Å². The van der Waals surface area contributed by atoms with Gasteiger partial charge >= 0.3 is 0 Å². The van der Waals surface area contributed by atoms with Gasteiger partial charge in [-0.1, -0.05) is 37.3 Å². The van der Waals surface area contributed by atoms with Crippen LogP contribution >= 0.6 is 0 Å². The van der Waals surface area contributed by atoms with E-state index in [-0.39, 0.29) is 6.61 Å². The van der Waals surface area contributed by atoms with Crippen LogP contribution in [-0.2, 0) is 0 Å². The summed E-state index contributed by atoms with van der Waals surface area (Å²) in [5, 5.41) is 9.72. The van der Waals surface area contributed by atoms with Gasteiger partial charge in [0.05, 0.1) is 7.11 Å². The molecule has 132 valence electrons. The van der Waals surface area contributed by atoms with Crippen LogP contribution in [-0.4, -0.2) is 18.7 Å². The lowest BCUT2D eigenvalue weighted by molar-refractivity contribution is 0.349. The fourth-order valence-electron chi connectivity index (χ4n) is 3.47. The summed E-state index contributed by atoms with van der Waals surface area (Å²) < 4.78 is 10.9. The summed E-state index contributed by atoms with van der Waals surface area (Å²) in [5.41, 5.74) is 3.18. The van der Waals surface area contributed by atoms with Crippen molar-refractivity contribution in [3.63, 3.8) is 0 Å². The first-order valence-corrected chi connectivity index (χ1v) is 8.92. The smallest absolute Gasteiger partial charge is 0.233 e. The van der Waals surface area contributed by atoms with Crippen molar-refractivity contribution >= 4 is 0 Å². The zero-order valence-corrected chi connectivity index (χ0v) is 15.0. The Balaban J connectivity index is 2.09. The average molecular weight is 346 g/mol. The van der Waals surface area contributed by atoms with Crippen molar-refractivity contribution < 1.29 is 9.47 Å². The van der Waals surface area contributed by atoms with Crippen LogP contribution < -0.4 is 9.47 Å². The lowest BCUT2D eigenvalue weighted by atomic mass is 9.85. The largest absolute Gasteiger partial charge is 0.497 e. The number of ether oxygens (including phenoxy) is 2. The van der Waals surface area contributed by atoms with Gasteiger partial charge in [-0.3, -0.25) is 0 Å². The Morgan fingerprint density at radius 1 is 1.19 bits per heavy atom. The van der Waals surface area contributed by atoms with Crippen LogP contribution in [0.4, 0.5) is 0 Å². The Morgan fingerprint density at radius 3 is 2.54 bits per heavy atom. The van der Waals surface area contributed by atoms with E-state index in [4.69, 9.17) is 15.9 Å². The molecule has 0 spiro atoms. The van der Waals surface area contributed by atoms with Crippen molar-refractivity contribution in [1.29, 1.82) is 5.26 Å². The van der Waals surface area contributed by atoms with Crippen LogP contribution in [0.5, 0.6) is 11.6 Å². The molecule has 0 bridgehead atoms. The van der Waals surface area contributed by atoms with Gasteiger partial charge in [-0.05, 0) is 36.6 Å². The number of pyridine rings is 1. The van der Waals surface area contributed by atoms with Crippen molar-refractivity contribution in [1.82, 2.24) is 4.98 Å². The Labute approximate surface area is 154 Å². The number of rotatable bonds is 5. The second kappa shape index (κ2) is 8.41. The summed E-state index contributed by atoms with van der Waals surface area (Å²) in [7, 11) is 1.63. The van der Waals surface area contributed by atoms with E-state index in [0.717, 1.165) is 35.4 Å². The number of nitriles is 1. The van der Waals surface area contributed by atoms with E-state index in [1.165, 1.54) is 19.3 Å². The molecule has 1 aliphatic carbocycles. The summed E-state index contributed by atoms with van der Waals surface area (Å²) in [5.74, 6) is 3.97. The number of hydrogen-bond acceptors (Lipinski definition) is 4. The van der Waals surface area contributed by atoms with Crippen molar-refractivity contribution in [2.45, 2.75) is 38.0 Å².